The largest absolute Gasteiger partial charge is 0.282 e. The maximum atomic E-state index is 11.5. The average Bonchev–Trinajstić information content (AvgIpc) is 3.77. The summed E-state index contributed by atoms with van der Waals surface area (Å²) in [5.74, 6) is 1.23. The van der Waals surface area contributed by atoms with Crippen LogP contribution in [-0.2, 0) is 10.0 Å². The lowest BCUT2D eigenvalue weighted by Gasteiger charge is -2.01. The van der Waals surface area contributed by atoms with Crippen LogP contribution < -0.4 is 15.8 Å². The van der Waals surface area contributed by atoms with Crippen LogP contribution in [0.3, 0.4) is 0 Å². The molecule has 0 aliphatic heterocycles. The number of fused-ring (bicyclic) bond motifs is 2. The molecule has 5 aromatic rings. The molecule has 0 saturated heterocycles. The molecule has 2 N–H and O–H groups in total. The van der Waals surface area contributed by atoms with E-state index in [9.17, 15) is 13.7 Å². The van der Waals surface area contributed by atoms with Gasteiger partial charge in [-0.15, -0.1) is 5.10 Å². The van der Waals surface area contributed by atoms with Crippen molar-refractivity contribution in [1.29, 1.82) is 5.26 Å². The van der Waals surface area contributed by atoms with E-state index in [2.05, 4.69) is 40.9 Å². The van der Waals surface area contributed by atoms with Crippen molar-refractivity contribution in [3.05, 3.63) is 69.3 Å². The molecule has 43 heavy (non-hydrogen) atoms. The highest BCUT2D eigenvalue weighted by Crippen LogP contribution is 2.34. The van der Waals surface area contributed by atoms with E-state index in [-0.39, 0.29) is 5.65 Å². The van der Waals surface area contributed by atoms with Gasteiger partial charge in [0.2, 0.25) is 11.4 Å². The van der Waals surface area contributed by atoms with Gasteiger partial charge >= 0.3 is 0 Å². The minimum Gasteiger partial charge on any atom is -0.257 e. The van der Waals surface area contributed by atoms with Crippen molar-refractivity contribution in [2.45, 2.75) is 64.5 Å². The molecular weight excluding hydrogens is 566 g/mol. The molecule has 216 valence electrons. The van der Waals surface area contributed by atoms with E-state index in [1.807, 2.05) is 27.7 Å². The molecule has 1 aliphatic carbocycles. The zero-order valence-corrected chi connectivity index (χ0v) is 24.8. The molecule has 1 saturated carbocycles. The van der Waals surface area contributed by atoms with E-state index in [1.54, 1.807) is 28.9 Å². The number of primary sulfonamides is 1. The molecule has 13 nitrogen and oxygen atoms in total. The first kappa shape index (κ1) is 29.3. The van der Waals surface area contributed by atoms with Gasteiger partial charge in [0.25, 0.3) is 15.2 Å². The van der Waals surface area contributed by atoms with Crippen LogP contribution in [0.15, 0.2) is 29.6 Å². The van der Waals surface area contributed by atoms with Gasteiger partial charge in [-0.2, -0.15) is 15.3 Å². The van der Waals surface area contributed by atoms with Crippen LogP contribution in [0, 0.1) is 24.5 Å². The van der Waals surface area contributed by atoms with E-state index in [0.29, 0.717) is 45.1 Å². The Bertz CT molecular complexity index is 2230. The van der Waals surface area contributed by atoms with Crippen LogP contribution in [0.1, 0.15) is 70.7 Å². The minimum absolute atomic E-state index is 0.245. The molecule has 0 spiro atoms. The van der Waals surface area contributed by atoms with Crippen LogP contribution in [-0.4, -0.2) is 42.6 Å². The lowest BCUT2D eigenvalue weighted by Crippen LogP contribution is -2.16. The van der Waals surface area contributed by atoms with E-state index in [4.69, 9.17) is 18.3 Å². The van der Waals surface area contributed by atoms with Crippen molar-refractivity contribution in [2.75, 3.05) is 0 Å². The second-order valence-corrected chi connectivity index (χ2v) is 12.0. The topological polar surface area (TPSA) is 166 Å². The highest BCUT2D eigenvalue weighted by molar-refractivity contribution is 7.89. The Morgan fingerprint density at radius 2 is 1.60 bits per heavy atom. The van der Waals surface area contributed by atoms with Crippen LogP contribution in [0.25, 0.3) is 43.4 Å². The molecule has 5 aromatic heterocycles. The molecule has 1 aliphatic rings. The maximum Gasteiger partial charge on any atom is 0.282 e. The first-order chi connectivity index (χ1) is 20.5. The molecule has 0 atom stereocenters. The zero-order chi connectivity index (χ0) is 31.1. The molecule has 0 bridgehead atoms. The lowest BCUT2D eigenvalue weighted by atomic mass is 10.1. The van der Waals surface area contributed by atoms with Gasteiger partial charge in [0.1, 0.15) is 5.56 Å². The predicted octanol–water partition coefficient (Wildman–Crippen LogP) is 3.62. The van der Waals surface area contributed by atoms with Crippen molar-refractivity contribution in [3.63, 3.8) is 0 Å². The van der Waals surface area contributed by atoms with Crippen molar-refractivity contribution in [3.8, 4) is 17.3 Å². The number of hydrogen-bond acceptors (Lipinski definition) is 8. The Morgan fingerprint density at radius 3 is 2.14 bits per heavy atom. The first-order valence-corrected chi connectivity index (χ1v) is 14.9. The highest BCUT2D eigenvalue weighted by atomic mass is 32.2. The van der Waals surface area contributed by atoms with E-state index in [0.717, 1.165) is 35.2 Å². The third-order valence-corrected chi connectivity index (χ3v) is 7.86. The standard InChI is InChI=1S/C15H15N5.C14H12N6O2S/c1-9(2)13-12(17-3)11(8-16)15-18-14(19-20(13)15)10-6-4-5-7-10;1-8(2)12-11(16-3)10(9-6-4-5-7-17-9)13-18-14(19-20(12)13)23(15,21)22/h10H,4-7H2,1-2H3;4-7H,1-2H3,(H2,15,21,22). The van der Waals surface area contributed by atoms with Gasteiger partial charge in [-0.1, -0.05) is 30.1 Å². The Kier molecular flexibility index (Phi) is 7.63. The van der Waals surface area contributed by atoms with Crippen molar-refractivity contribution < 1.29 is 8.42 Å². The highest BCUT2D eigenvalue weighted by Gasteiger charge is 2.26. The Morgan fingerprint density at radius 1 is 0.977 bits per heavy atom. The fraction of sp³-hybridized carbons (Fsp3) is 0.310. The summed E-state index contributed by atoms with van der Waals surface area (Å²) in [6.07, 6.45) is 6.27. The molecule has 0 radical (unpaired) electrons. The van der Waals surface area contributed by atoms with Gasteiger partial charge in [-0.25, -0.2) is 37.3 Å². The fourth-order valence-electron chi connectivity index (χ4n) is 5.35. The first-order valence-electron chi connectivity index (χ1n) is 13.4. The zero-order valence-electron chi connectivity index (χ0n) is 24.0. The Labute approximate surface area is 247 Å². The maximum absolute atomic E-state index is 11.5. The van der Waals surface area contributed by atoms with E-state index < -0.39 is 15.2 Å². The summed E-state index contributed by atoms with van der Waals surface area (Å²) in [6, 6.07) is 7.37. The number of nitrogens with zero attached hydrogens (tertiary/aromatic N) is 10. The predicted molar refractivity (Wildman–Crippen MR) is 159 cm³/mol. The number of rotatable bonds is 3. The molecule has 0 amide bonds. The summed E-state index contributed by atoms with van der Waals surface area (Å²) < 4.78 is 26.1. The summed E-state index contributed by atoms with van der Waals surface area (Å²) in [5, 5.41) is 23.7. The monoisotopic (exact) mass is 593 g/mol. The number of nitriles is 1. The van der Waals surface area contributed by atoms with Crippen molar-refractivity contribution >= 4 is 43.8 Å². The van der Waals surface area contributed by atoms with Crippen molar-refractivity contribution in [2.24, 2.45) is 5.14 Å². The summed E-state index contributed by atoms with van der Waals surface area (Å²) in [7, 11) is -4.05. The normalized spacial score (nSPS) is 13.3. The quantitative estimate of drug-likeness (QED) is 0.310. The molecule has 1 fully saturated rings. The number of hydrogen-bond donors (Lipinski definition) is 1. The second-order valence-electron chi connectivity index (χ2n) is 10.6. The van der Waals surface area contributed by atoms with E-state index in [1.165, 1.54) is 17.4 Å². The smallest absolute Gasteiger partial charge is 0.257 e. The minimum atomic E-state index is -4.05. The van der Waals surface area contributed by atoms with Gasteiger partial charge in [0, 0.05) is 12.1 Å². The molecule has 6 rings (SSSR count). The van der Waals surface area contributed by atoms with Crippen LogP contribution >= 0.6 is 0 Å². The van der Waals surface area contributed by atoms with Gasteiger partial charge in [-0.05, 0) is 52.7 Å². The lowest BCUT2D eigenvalue weighted by molar-refractivity contribution is 0.588. The number of aromatic nitrogens is 7. The van der Waals surface area contributed by atoms with Gasteiger partial charge in [0.05, 0.1) is 41.2 Å². The molecule has 5 heterocycles. The molecular formula is C29H27N11O2S. The SMILES string of the molecule is [C-]#[N+]c1c(-c2ccccn2)c2nc(S(N)(=O)=O)nn2c1=C(C)C.[C-]#[N+]c1c(C#N)c2nc(C3CCCC3)nn2c1=C(C)C. The summed E-state index contributed by atoms with van der Waals surface area (Å²) in [5.41, 5.74) is 4.59. The van der Waals surface area contributed by atoms with Gasteiger partial charge in [0.15, 0.2) is 17.1 Å². The Balaban J connectivity index is 0.000000173. The molecule has 0 aromatic carbocycles. The van der Waals surface area contributed by atoms with Crippen molar-refractivity contribution in [1.82, 2.24) is 34.2 Å². The molecule has 0 unspecified atom stereocenters. The Hall–Kier alpha value is -5.23. The third-order valence-electron chi connectivity index (χ3n) is 7.18. The molecule has 14 heteroatoms. The summed E-state index contributed by atoms with van der Waals surface area (Å²) in [6.45, 7) is 22.3. The van der Waals surface area contributed by atoms with Crippen LogP contribution in [0.4, 0.5) is 11.4 Å². The van der Waals surface area contributed by atoms with Crippen LogP contribution in [0.2, 0.25) is 0 Å². The summed E-state index contributed by atoms with van der Waals surface area (Å²) in [4.78, 5) is 19.9. The summed E-state index contributed by atoms with van der Waals surface area (Å²) >= 11 is 0. The van der Waals surface area contributed by atoms with Gasteiger partial charge < -0.3 is 0 Å². The van der Waals surface area contributed by atoms with Gasteiger partial charge in [-0.3, -0.25) is 4.98 Å². The average molecular weight is 594 g/mol. The fourth-order valence-corrected chi connectivity index (χ4v) is 5.76. The second kappa shape index (κ2) is 11.2. The number of pyridine rings is 1. The number of nitrogens with two attached hydrogens (primary N) is 1. The van der Waals surface area contributed by atoms with E-state index >= 15 is 0 Å². The third kappa shape index (κ3) is 5.06. The number of sulfonamides is 1. The van der Waals surface area contributed by atoms with Crippen LogP contribution in [0.5, 0.6) is 0 Å².